The number of phenols is 2. The number of hydrogen-bond donors (Lipinski definition) is 11. The van der Waals surface area contributed by atoms with Crippen LogP contribution in [0.3, 0.4) is 0 Å². The second-order valence-electron chi connectivity index (χ2n) is 24.3. The molecule has 26 heteroatoms. The number of H-pyrrole nitrogens is 1. The van der Waals surface area contributed by atoms with Gasteiger partial charge in [-0.15, -0.1) is 0 Å². The summed E-state index contributed by atoms with van der Waals surface area (Å²) in [6.07, 6.45) is -21.9. The van der Waals surface area contributed by atoms with Gasteiger partial charge in [0.1, 0.15) is 66.0 Å². The van der Waals surface area contributed by atoms with Crippen molar-refractivity contribution in [3.8, 4) is 17.2 Å². The summed E-state index contributed by atoms with van der Waals surface area (Å²) >= 11 is 0. The van der Waals surface area contributed by atoms with Crippen molar-refractivity contribution < 1.29 is 117 Å². The van der Waals surface area contributed by atoms with E-state index in [0.29, 0.717) is 5.56 Å². The van der Waals surface area contributed by atoms with Crippen LogP contribution in [0, 0.1) is 12.8 Å². The first-order valence-electron chi connectivity index (χ1n) is 29.6. The third-order valence-electron chi connectivity index (χ3n) is 18.0. The van der Waals surface area contributed by atoms with Crippen molar-refractivity contribution >= 4 is 39.3 Å². The summed E-state index contributed by atoms with van der Waals surface area (Å²) in [7, 11) is 2.44. The van der Waals surface area contributed by atoms with Crippen LogP contribution in [0.2, 0.25) is 0 Å². The van der Waals surface area contributed by atoms with Gasteiger partial charge in [0.25, 0.3) is 0 Å². The van der Waals surface area contributed by atoms with Crippen molar-refractivity contribution in [3.63, 3.8) is 0 Å². The molecule has 0 spiro atoms. The highest BCUT2D eigenvalue weighted by molar-refractivity contribution is 6.11. The van der Waals surface area contributed by atoms with Gasteiger partial charge in [-0.2, -0.15) is 0 Å². The van der Waals surface area contributed by atoms with Crippen LogP contribution >= 0.6 is 0 Å². The summed E-state index contributed by atoms with van der Waals surface area (Å²) < 4.78 is 72.8. The van der Waals surface area contributed by atoms with Crippen LogP contribution < -0.4 is 10.1 Å². The molecule has 87 heavy (non-hydrogen) atoms. The van der Waals surface area contributed by atoms with Crippen molar-refractivity contribution in [2.24, 2.45) is 5.92 Å². The fourth-order valence-electron chi connectivity index (χ4n) is 13.0. The average molecular weight is 1230 g/mol. The van der Waals surface area contributed by atoms with Crippen molar-refractivity contribution in [2.45, 2.75) is 234 Å². The first-order chi connectivity index (χ1) is 41.2. The quantitative estimate of drug-likeness (QED) is 0.0672. The molecule has 0 saturated carbocycles. The number of methoxy groups -OCH3 is 2. The first-order valence-corrected chi connectivity index (χ1v) is 29.6. The topological polar surface area (TPSA) is 372 Å². The molecule has 1 aliphatic carbocycles. The van der Waals surface area contributed by atoms with E-state index >= 15 is 4.79 Å². The van der Waals surface area contributed by atoms with E-state index in [1.54, 1.807) is 52.9 Å². The molecule has 26 nitrogen and oxygen atoms in total. The second-order valence-corrected chi connectivity index (χ2v) is 24.3. The molecule has 5 fully saturated rings. The summed E-state index contributed by atoms with van der Waals surface area (Å²) in [5.74, 6) is -4.64. The van der Waals surface area contributed by atoms with Gasteiger partial charge in [-0.1, -0.05) is 12.1 Å². The molecule has 0 bridgehead atoms. The lowest BCUT2D eigenvalue weighted by molar-refractivity contribution is -0.334. The summed E-state index contributed by atoms with van der Waals surface area (Å²) in [5, 5.41) is 104. The van der Waals surface area contributed by atoms with E-state index in [1.165, 1.54) is 34.1 Å². The normalized spacial score (nSPS) is 38.2. The van der Waals surface area contributed by atoms with Crippen molar-refractivity contribution in [1.82, 2.24) is 10.3 Å². The Hall–Kier alpha value is -5.21. The minimum atomic E-state index is -1.67. The minimum Gasteiger partial charge on any atom is -0.507 e. The number of benzene rings is 3. The maximum atomic E-state index is 15.4. The highest BCUT2D eigenvalue weighted by atomic mass is 16.7. The maximum absolute atomic E-state index is 15.4. The number of carbonyl (C=O) groups excluding carboxylic acids is 3. The van der Waals surface area contributed by atoms with E-state index in [0.717, 1.165) is 10.9 Å². The number of rotatable bonds is 17. The predicted molar refractivity (Wildman–Crippen MR) is 302 cm³/mol. The number of ether oxygens (including phenoxy) is 12. The zero-order valence-electron chi connectivity index (χ0n) is 49.9. The molecule has 6 aliphatic rings. The fourth-order valence-corrected chi connectivity index (χ4v) is 13.0. The number of aromatic amines is 1. The number of fused-ring (bicyclic) bond motifs is 3. The highest BCUT2D eigenvalue weighted by Crippen LogP contribution is 2.48. The molecule has 1 amide bonds. The number of Topliss-reactive ketones (excluding diaryl/α,β-unsaturated/α-hetero) is 1. The lowest BCUT2D eigenvalue weighted by Crippen LogP contribution is -2.58. The highest BCUT2D eigenvalue weighted by Gasteiger charge is 2.51. The predicted octanol–water partition coefficient (Wildman–Crippen LogP) is 1.82. The lowest BCUT2D eigenvalue weighted by Gasteiger charge is -2.46. The van der Waals surface area contributed by atoms with Gasteiger partial charge in [-0.25, -0.2) is 4.79 Å². The number of amides is 1. The molecule has 3 aromatic carbocycles. The Kier molecular flexibility index (Phi) is 19.6. The van der Waals surface area contributed by atoms with E-state index < -0.39 is 176 Å². The summed E-state index contributed by atoms with van der Waals surface area (Å²) in [6.45, 7) is 11.0. The second kappa shape index (κ2) is 26.3. The van der Waals surface area contributed by atoms with Crippen LogP contribution in [0.4, 0.5) is 0 Å². The lowest BCUT2D eigenvalue weighted by atomic mass is 9.76. The number of aromatic nitrogens is 1. The fraction of sp³-hybridized carbons (Fsp3) is 0.656. The Morgan fingerprint density at radius 1 is 0.724 bits per heavy atom. The van der Waals surface area contributed by atoms with E-state index in [-0.39, 0.29) is 78.2 Å². The number of phenolic OH excluding ortho intramolecular Hbond substituents is 2. The van der Waals surface area contributed by atoms with Crippen LogP contribution in [0.15, 0.2) is 42.6 Å². The number of carbonyl (C=O) groups is 3. The Labute approximate surface area is 501 Å². The number of nitrogens with one attached hydrogen (secondary N) is 2. The molecule has 11 N–H and O–H groups in total. The van der Waals surface area contributed by atoms with Crippen LogP contribution in [-0.4, -0.2) is 224 Å². The Bertz CT molecular complexity index is 3090. The molecule has 10 rings (SSSR count). The zero-order chi connectivity index (χ0) is 62.7. The third-order valence-corrected chi connectivity index (χ3v) is 18.0. The first kappa shape index (κ1) is 64.8. The summed E-state index contributed by atoms with van der Waals surface area (Å²) in [5.41, 5.74) is 0.0605. The summed E-state index contributed by atoms with van der Waals surface area (Å²) in [6, 6.07) is 9.16. The van der Waals surface area contributed by atoms with E-state index in [1.807, 2.05) is 18.2 Å². The number of esters is 1. The zero-order valence-corrected chi connectivity index (χ0v) is 49.9. The standard InChI is InChI=1S/C61H82N2O24/c1-24-38(83-43-20-39(51(67)26(3)79-43)84-42-19-37(64)50(66)25(2)78-42)18-32-15-31-16-34(57(76-8)59(73)63-36(60(74)77-9)17-30-11-10-12-35-33(30)13-14-62-35)56(55(71)48(31)54(70)47(32)49(24)65)87-45-22-40(52(68)28(5)81-45)85-44-21-41(53(69)27(4)80-44)86-46-23-61(7,75)58(72)29(6)82-46/h10-15,18,25-29,34,36-37,39-46,50-53,56-58,62,64-70,72,75H,16-17,19-23H2,1-9H3,(H,63,73)/t25?,26?,27?,28?,29?,34-,36?,37?,39?,40?,41?,42?,43?,44?,45?,46?,50?,51?,52?,53?,56+,57+,58?,61?/m1/s1. The van der Waals surface area contributed by atoms with Crippen molar-refractivity contribution in [3.05, 3.63) is 64.8 Å². The van der Waals surface area contributed by atoms with Crippen LogP contribution in [0.5, 0.6) is 17.2 Å². The van der Waals surface area contributed by atoms with Crippen LogP contribution in [0.1, 0.15) is 101 Å². The molecule has 5 aliphatic heterocycles. The Balaban J connectivity index is 0.937. The van der Waals surface area contributed by atoms with Gasteiger partial charge in [0.2, 0.25) is 12.2 Å². The number of ketones is 1. The molecule has 5 saturated heterocycles. The van der Waals surface area contributed by atoms with Gasteiger partial charge in [0, 0.05) is 74.2 Å². The van der Waals surface area contributed by atoms with Gasteiger partial charge < -0.3 is 113 Å². The molecule has 4 aromatic rings. The molecular formula is C61H82N2O24. The SMILES string of the molecule is COC(=O)C(Cc1cccc2[nH]ccc12)NC(=O)[C@@H](OC)[C@@H]1Cc2cc3cc(OC4CC(OC5CC(O)C(O)C(C)O5)C(O)C(C)O4)c(C)c(O)c3c(O)c2C(=O)[C@H]1OC1CC(OC2CC(OC3CC(C)(O)C(O)C(C)O3)C(O)C(C)O2)C(O)C(C)O1. The maximum Gasteiger partial charge on any atom is 0.328 e. The number of aliphatic hydroxyl groups excluding tert-OH is 6. The molecular weight excluding hydrogens is 1140 g/mol. The van der Waals surface area contributed by atoms with E-state index in [2.05, 4.69) is 10.3 Å². The molecule has 480 valence electrons. The molecule has 6 heterocycles. The number of aromatic hydroxyl groups is 2. The smallest absolute Gasteiger partial charge is 0.328 e. The summed E-state index contributed by atoms with van der Waals surface area (Å²) in [4.78, 5) is 47.0. The van der Waals surface area contributed by atoms with Gasteiger partial charge >= 0.3 is 5.97 Å². The van der Waals surface area contributed by atoms with Gasteiger partial charge in [-0.3, -0.25) is 9.59 Å². The minimum absolute atomic E-state index is 0.00135. The molecule has 1 aromatic heterocycles. The average Bonchev–Trinajstić information content (AvgIpc) is 1.17. The van der Waals surface area contributed by atoms with E-state index in [9.17, 15) is 55.5 Å². The van der Waals surface area contributed by atoms with Crippen LogP contribution in [-0.2, 0) is 74.5 Å². The molecule has 21 unspecified atom stereocenters. The van der Waals surface area contributed by atoms with Crippen LogP contribution in [0.25, 0.3) is 21.7 Å². The van der Waals surface area contributed by atoms with Crippen molar-refractivity contribution in [1.29, 1.82) is 0 Å². The molecule has 0 radical (unpaired) electrons. The Morgan fingerprint density at radius 3 is 1.89 bits per heavy atom. The van der Waals surface area contributed by atoms with Gasteiger partial charge in [0.05, 0.1) is 78.6 Å². The monoisotopic (exact) mass is 1230 g/mol. The largest absolute Gasteiger partial charge is 0.507 e. The van der Waals surface area contributed by atoms with Gasteiger partial charge in [0.15, 0.2) is 30.9 Å². The van der Waals surface area contributed by atoms with Crippen molar-refractivity contribution in [2.75, 3.05) is 14.2 Å². The molecule has 24 atom stereocenters. The van der Waals surface area contributed by atoms with E-state index in [4.69, 9.17) is 56.8 Å². The number of aliphatic hydroxyl groups is 7. The van der Waals surface area contributed by atoms with Gasteiger partial charge in [-0.05, 0) is 95.7 Å². The number of hydrogen-bond acceptors (Lipinski definition) is 24. The third kappa shape index (κ3) is 13.4. The Morgan fingerprint density at radius 2 is 1.29 bits per heavy atom.